The number of nitrogens with one attached hydrogen (secondary N) is 1. The van der Waals surface area contributed by atoms with Gasteiger partial charge >= 0.3 is 0 Å². The molecule has 0 radical (unpaired) electrons. The number of amides is 1. The van der Waals surface area contributed by atoms with Crippen molar-refractivity contribution in [2.75, 3.05) is 12.8 Å². The molecular weight excluding hydrogens is 302 g/mol. The largest absolute Gasteiger partial charge is 0.354 e. The van der Waals surface area contributed by atoms with Crippen LogP contribution in [0.1, 0.15) is 11.3 Å². The molecule has 1 aromatic heterocycles. The summed E-state index contributed by atoms with van der Waals surface area (Å²) in [5.41, 5.74) is 1.56. The number of benzene rings is 1. The summed E-state index contributed by atoms with van der Waals surface area (Å²) in [7, 11) is -3.26. The number of aryl methyl sites for hydroxylation is 1. The van der Waals surface area contributed by atoms with Crippen LogP contribution in [0.3, 0.4) is 0 Å². The minimum Gasteiger partial charge on any atom is -0.354 e. The highest BCUT2D eigenvalue weighted by atomic mass is 32.2. The van der Waals surface area contributed by atoms with E-state index in [0.29, 0.717) is 23.4 Å². The molecule has 0 aliphatic rings. The molecule has 0 atom stereocenters. The van der Waals surface area contributed by atoms with Gasteiger partial charge in [-0.25, -0.2) is 8.42 Å². The van der Waals surface area contributed by atoms with E-state index in [4.69, 9.17) is 0 Å². The van der Waals surface area contributed by atoms with Gasteiger partial charge in [0, 0.05) is 19.0 Å². The number of carbonyl (C=O) groups is 1. The lowest BCUT2D eigenvalue weighted by Crippen LogP contribution is -2.29. The van der Waals surface area contributed by atoms with Crippen molar-refractivity contribution in [3.63, 3.8) is 0 Å². The maximum Gasteiger partial charge on any atom is 0.241 e. The van der Waals surface area contributed by atoms with Crippen LogP contribution in [0.25, 0.3) is 0 Å². The van der Waals surface area contributed by atoms with Crippen molar-refractivity contribution < 1.29 is 13.2 Å². The Balaban J connectivity index is 1.90. The monoisotopic (exact) mass is 321 g/mol. The van der Waals surface area contributed by atoms with Crippen LogP contribution in [0, 0.1) is 6.92 Å². The van der Waals surface area contributed by atoms with Gasteiger partial charge < -0.3 is 5.32 Å². The minimum atomic E-state index is -3.26. The summed E-state index contributed by atoms with van der Waals surface area (Å²) >= 11 is 0. The Bertz CT molecular complexity index is 766. The highest BCUT2D eigenvalue weighted by molar-refractivity contribution is 7.90. The van der Waals surface area contributed by atoms with E-state index in [1.54, 1.807) is 35.1 Å². The Kier molecular flexibility index (Phi) is 4.97. The van der Waals surface area contributed by atoms with E-state index in [1.807, 2.05) is 13.0 Å². The van der Waals surface area contributed by atoms with Crippen LogP contribution in [-0.4, -0.2) is 36.9 Å². The fourth-order valence-corrected chi connectivity index (χ4v) is 3.14. The van der Waals surface area contributed by atoms with Gasteiger partial charge in [-0.2, -0.15) is 5.10 Å². The summed E-state index contributed by atoms with van der Waals surface area (Å²) < 4.78 is 25.0. The number of hydrogen-bond acceptors (Lipinski definition) is 4. The maximum atomic E-state index is 11.8. The first-order chi connectivity index (χ1) is 10.4. The molecule has 0 aliphatic carbocycles. The normalized spacial score (nSPS) is 11.4. The third-order valence-electron chi connectivity index (χ3n) is 3.17. The predicted octanol–water partition coefficient (Wildman–Crippen LogP) is 0.954. The molecule has 0 bridgehead atoms. The summed E-state index contributed by atoms with van der Waals surface area (Å²) in [5.74, 6) is -0.153. The molecule has 0 aliphatic heterocycles. The lowest BCUT2D eigenvalue weighted by Gasteiger charge is -2.09. The zero-order chi connectivity index (χ0) is 16.2. The second kappa shape index (κ2) is 6.74. The van der Waals surface area contributed by atoms with E-state index in [0.717, 1.165) is 5.69 Å². The Hall–Kier alpha value is -2.15. The second-order valence-electron chi connectivity index (χ2n) is 5.13. The highest BCUT2D eigenvalue weighted by Gasteiger charge is 2.12. The quantitative estimate of drug-likeness (QED) is 0.859. The van der Waals surface area contributed by atoms with Crippen LogP contribution in [-0.2, 0) is 27.6 Å². The summed E-state index contributed by atoms with van der Waals surface area (Å²) in [5, 5.41) is 6.91. The average Bonchev–Trinajstić information content (AvgIpc) is 2.83. The van der Waals surface area contributed by atoms with Crippen LogP contribution in [0.5, 0.6) is 0 Å². The molecule has 0 unspecified atom stereocenters. The average molecular weight is 321 g/mol. The zero-order valence-electron chi connectivity index (χ0n) is 12.6. The van der Waals surface area contributed by atoms with Crippen molar-refractivity contribution >= 4 is 15.7 Å². The molecule has 118 valence electrons. The van der Waals surface area contributed by atoms with Gasteiger partial charge in [-0.05, 0) is 31.0 Å². The Morgan fingerprint density at radius 2 is 2.00 bits per heavy atom. The van der Waals surface area contributed by atoms with Crippen molar-refractivity contribution in [2.45, 2.75) is 24.8 Å². The van der Waals surface area contributed by atoms with E-state index in [-0.39, 0.29) is 12.5 Å². The predicted molar refractivity (Wildman–Crippen MR) is 83.2 cm³/mol. The molecule has 0 saturated heterocycles. The zero-order valence-corrected chi connectivity index (χ0v) is 13.4. The fourth-order valence-electron chi connectivity index (χ4n) is 2.16. The molecule has 7 heteroatoms. The maximum absolute atomic E-state index is 11.8. The van der Waals surface area contributed by atoms with Crippen molar-refractivity contribution in [1.82, 2.24) is 15.1 Å². The van der Waals surface area contributed by atoms with Gasteiger partial charge in [0.1, 0.15) is 6.54 Å². The number of rotatable bonds is 6. The van der Waals surface area contributed by atoms with Crippen LogP contribution < -0.4 is 5.32 Å². The van der Waals surface area contributed by atoms with Crippen LogP contribution in [0.2, 0.25) is 0 Å². The van der Waals surface area contributed by atoms with Crippen LogP contribution in [0.15, 0.2) is 41.4 Å². The highest BCUT2D eigenvalue weighted by Crippen LogP contribution is 2.15. The fraction of sp³-hybridized carbons (Fsp3) is 0.333. The standard InChI is InChI=1S/C15H19N3O3S/c1-12-8-10-18(17-12)11-15(19)16-9-7-13-5-3-4-6-14(13)22(2,20)21/h3-6,8,10H,7,9,11H2,1-2H3,(H,16,19). The first-order valence-electron chi connectivity index (χ1n) is 6.91. The molecule has 2 rings (SSSR count). The molecular formula is C15H19N3O3S. The van der Waals surface area contributed by atoms with Gasteiger partial charge in [0.25, 0.3) is 0 Å². The topological polar surface area (TPSA) is 81.1 Å². The molecule has 2 aromatic rings. The number of sulfone groups is 1. The molecule has 0 spiro atoms. The molecule has 1 amide bonds. The van der Waals surface area contributed by atoms with Gasteiger partial charge in [-0.3, -0.25) is 9.48 Å². The van der Waals surface area contributed by atoms with Gasteiger partial charge in [0.15, 0.2) is 9.84 Å². The van der Waals surface area contributed by atoms with Crippen molar-refractivity contribution in [1.29, 1.82) is 0 Å². The van der Waals surface area contributed by atoms with Crippen molar-refractivity contribution in [3.05, 3.63) is 47.8 Å². The lowest BCUT2D eigenvalue weighted by atomic mass is 10.1. The summed E-state index contributed by atoms with van der Waals surface area (Å²) in [6.07, 6.45) is 3.39. The van der Waals surface area contributed by atoms with Gasteiger partial charge in [0.05, 0.1) is 10.6 Å². The van der Waals surface area contributed by atoms with E-state index in [1.165, 1.54) is 6.26 Å². The summed E-state index contributed by atoms with van der Waals surface area (Å²) in [6.45, 7) is 2.39. The van der Waals surface area contributed by atoms with Gasteiger partial charge in [0.2, 0.25) is 5.91 Å². The Labute approximate surface area is 130 Å². The molecule has 22 heavy (non-hydrogen) atoms. The van der Waals surface area contributed by atoms with Crippen molar-refractivity contribution in [2.24, 2.45) is 0 Å². The lowest BCUT2D eigenvalue weighted by molar-refractivity contribution is -0.121. The van der Waals surface area contributed by atoms with E-state index < -0.39 is 9.84 Å². The smallest absolute Gasteiger partial charge is 0.241 e. The molecule has 1 aromatic carbocycles. The summed E-state index contributed by atoms with van der Waals surface area (Å²) in [6, 6.07) is 8.66. The third-order valence-corrected chi connectivity index (χ3v) is 4.37. The number of hydrogen-bond donors (Lipinski definition) is 1. The number of carbonyl (C=O) groups excluding carboxylic acids is 1. The first-order valence-corrected chi connectivity index (χ1v) is 8.80. The van der Waals surface area contributed by atoms with E-state index in [2.05, 4.69) is 10.4 Å². The molecule has 0 saturated carbocycles. The van der Waals surface area contributed by atoms with E-state index >= 15 is 0 Å². The third kappa shape index (κ3) is 4.42. The second-order valence-corrected chi connectivity index (χ2v) is 7.12. The first kappa shape index (κ1) is 16.2. The number of nitrogens with zero attached hydrogens (tertiary/aromatic N) is 2. The SMILES string of the molecule is Cc1ccn(CC(=O)NCCc2ccccc2S(C)(=O)=O)n1. The Morgan fingerprint density at radius 1 is 1.27 bits per heavy atom. The van der Waals surface area contributed by atoms with Crippen LogP contribution in [0.4, 0.5) is 0 Å². The molecule has 0 fully saturated rings. The summed E-state index contributed by atoms with van der Waals surface area (Å²) in [4.78, 5) is 12.1. The van der Waals surface area contributed by atoms with Crippen molar-refractivity contribution in [3.8, 4) is 0 Å². The van der Waals surface area contributed by atoms with E-state index in [9.17, 15) is 13.2 Å². The number of aromatic nitrogens is 2. The molecule has 6 nitrogen and oxygen atoms in total. The van der Waals surface area contributed by atoms with Crippen LogP contribution >= 0.6 is 0 Å². The van der Waals surface area contributed by atoms with Gasteiger partial charge in [-0.1, -0.05) is 18.2 Å². The van der Waals surface area contributed by atoms with Gasteiger partial charge in [-0.15, -0.1) is 0 Å². The molecule has 1 N–H and O–H groups in total. The minimum absolute atomic E-state index is 0.153. The molecule has 1 heterocycles. The Morgan fingerprint density at radius 3 is 2.64 bits per heavy atom.